The molecule has 2 nitrogen and oxygen atoms in total. The zero-order chi connectivity index (χ0) is 12.9. The minimum Gasteiger partial charge on any atom is -0.460 e. The molecule has 0 heterocycles. The van der Waals surface area contributed by atoms with Gasteiger partial charge >= 0.3 is 5.97 Å². The minimum atomic E-state index is -0.0260. The van der Waals surface area contributed by atoms with Gasteiger partial charge in [-0.1, -0.05) is 36.4 Å². The molecule has 4 rings (SSSR count). The zero-order valence-electron chi connectivity index (χ0n) is 10.6. The number of rotatable bonds is 3. The molecule has 0 aromatic heterocycles. The van der Waals surface area contributed by atoms with E-state index in [1.54, 1.807) is 0 Å². The lowest BCUT2D eigenvalue weighted by Crippen LogP contribution is -2.08. The molecule has 0 radical (unpaired) electrons. The molecule has 0 saturated heterocycles. The van der Waals surface area contributed by atoms with Crippen molar-refractivity contribution in [2.24, 2.45) is 11.3 Å². The van der Waals surface area contributed by atoms with Crippen LogP contribution < -0.4 is 0 Å². The van der Waals surface area contributed by atoms with Gasteiger partial charge in [-0.3, -0.25) is 4.79 Å². The summed E-state index contributed by atoms with van der Waals surface area (Å²) < 4.78 is 5.42. The molecule has 19 heavy (non-hydrogen) atoms. The minimum absolute atomic E-state index is 0.0260. The third kappa shape index (κ3) is 1.88. The van der Waals surface area contributed by atoms with Gasteiger partial charge in [0.2, 0.25) is 0 Å². The molecule has 0 N–H and O–H groups in total. The van der Waals surface area contributed by atoms with Crippen LogP contribution in [0.15, 0.2) is 42.5 Å². The predicted octanol–water partition coefficient (Wildman–Crippen LogP) is 3.50. The molecule has 2 fully saturated rings. The van der Waals surface area contributed by atoms with Crippen molar-refractivity contribution in [2.75, 3.05) is 0 Å². The first-order chi connectivity index (χ1) is 9.27. The summed E-state index contributed by atoms with van der Waals surface area (Å²) in [5, 5.41) is 2.40. The number of ether oxygens (including phenoxy) is 1. The maximum Gasteiger partial charge on any atom is 0.314 e. The highest BCUT2D eigenvalue weighted by Crippen LogP contribution is 2.70. The Hall–Kier alpha value is -1.96. The third-order valence-electron chi connectivity index (χ3n) is 4.33. The second-order valence-corrected chi connectivity index (χ2v) is 5.69. The van der Waals surface area contributed by atoms with Crippen molar-refractivity contribution in [1.82, 2.24) is 0 Å². The molecular formula is C17H15O2+. The van der Waals surface area contributed by atoms with Gasteiger partial charge in [-0.05, 0) is 22.4 Å². The fourth-order valence-electron chi connectivity index (χ4n) is 2.81. The quantitative estimate of drug-likeness (QED) is 0.616. The molecule has 0 amide bonds. The molecule has 2 aromatic rings. The number of fused-ring (bicyclic) bond motifs is 1. The molecule has 2 aromatic carbocycles. The molecule has 2 unspecified atom stereocenters. The first-order valence-corrected chi connectivity index (χ1v) is 6.76. The average molecular weight is 251 g/mol. The van der Waals surface area contributed by atoms with Crippen molar-refractivity contribution in [2.45, 2.75) is 19.4 Å². The van der Waals surface area contributed by atoms with E-state index in [4.69, 9.17) is 4.74 Å². The smallest absolute Gasteiger partial charge is 0.314 e. The molecule has 2 aliphatic rings. The fourth-order valence-corrected chi connectivity index (χ4v) is 2.81. The van der Waals surface area contributed by atoms with Gasteiger partial charge in [0.1, 0.15) is 18.9 Å². The Morgan fingerprint density at radius 3 is 2.79 bits per heavy atom. The highest BCUT2D eigenvalue weighted by atomic mass is 16.5. The van der Waals surface area contributed by atoms with Crippen LogP contribution in [0.5, 0.6) is 0 Å². The normalized spacial score (nSPS) is 27.1. The third-order valence-corrected chi connectivity index (χ3v) is 4.33. The number of hydrogen-bond acceptors (Lipinski definition) is 2. The predicted molar refractivity (Wildman–Crippen MR) is 73.2 cm³/mol. The molecule has 2 saturated carbocycles. The van der Waals surface area contributed by atoms with E-state index in [0.29, 0.717) is 6.61 Å². The van der Waals surface area contributed by atoms with Crippen LogP contribution in [0.2, 0.25) is 0 Å². The summed E-state index contributed by atoms with van der Waals surface area (Å²) >= 11 is 0. The second-order valence-electron chi connectivity index (χ2n) is 5.69. The van der Waals surface area contributed by atoms with Crippen LogP contribution in [0.1, 0.15) is 18.4 Å². The van der Waals surface area contributed by atoms with Crippen molar-refractivity contribution in [1.29, 1.82) is 0 Å². The lowest BCUT2D eigenvalue weighted by atomic mass is 10.1. The molecule has 0 aliphatic heterocycles. The first kappa shape index (κ1) is 10.9. The number of benzene rings is 2. The van der Waals surface area contributed by atoms with Gasteiger partial charge in [-0.15, -0.1) is 0 Å². The summed E-state index contributed by atoms with van der Waals surface area (Å²) in [7, 11) is 0. The SMILES string of the molecule is O=C(OCc1ccc2ccccc2c1)C1CC12[CH+]C2. The van der Waals surface area contributed by atoms with Crippen LogP contribution in [-0.2, 0) is 16.1 Å². The van der Waals surface area contributed by atoms with E-state index >= 15 is 0 Å². The van der Waals surface area contributed by atoms with E-state index in [0.717, 1.165) is 18.4 Å². The fraction of sp³-hybridized carbons (Fsp3) is 0.294. The summed E-state index contributed by atoms with van der Waals surface area (Å²) in [5.41, 5.74) is 1.32. The van der Waals surface area contributed by atoms with E-state index < -0.39 is 0 Å². The second kappa shape index (κ2) is 3.77. The van der Waals surface area contributed by atoms with Crippen molar-refractivity contribution in [3.05, 3.63) is 54.4 Å². The van der Waals surface area contributed by atoms with E-state index in [2.05, 4.69) is 30.7 Å². The van der Waals surface area contributed by atoms with Crippen LogP contribution in [0.3, 0.4) is 0 Å². The summed E-state index contributed by atoms with van der Waals surface area (Å²) in [4.78, 5) is 11.9. The highest BCUT2D eigenvalue weighted by molar-refractivity contribution is 5.83. The lowest BCUT2D eigenvalue weighted by molar-refractivity contribution is -0.147. The van der Waals surface area contributed by atoms with E-state index in [9.17, 15) is 4.79 Å². The monoisotopic (exact) mass is 251 g/mol. The standard InChI is InChI=1S/C17H15O2/c18-16(15-10-17(15)7-8-17)19-11-12-5-6-13-3-1-2-4-14(13)9-12/h1-7,9,15H,8,10-11H2/q+1. The van der Waals surface area contributed by atoms with Crippen molar-refractivity contribution in [3.63, 3.8) is 0 Å². The topological polar surface area (TPSA) is 26.3 Å². The van der Waals surface area contributed by atoms with Gasteiger partial charge in [0.25, 0.3) is 0 Å². The molecule has 2 heteroatoms. The average Bonchev–Trinajstić information content (AvgIpc) is 3.36. The molecule has 0 bridgehead atoms. The Bertz CT molecular complexity index is 655. The molecule has 2 atom stereocenters. The highest BCUT2D eigenvalue weighted by Gasteiger charge is 2.78. The summed E-state index contributed by atoms with van der Waals surface area (Å²) in [6.45, 7) is 0.385. The van der Waals surface area contributed by atoms with Crippen LogP contribution in [0.25, 0.3) is 10.8 Å². The van der Waals surface area contributed by atoms with Crippen molar-refractivity contribution >= 4 is 16.7 Å². The van der Waals surface area contributed by atoms with Crippen LogP contribution in [0, 0.1) is 17.8 Å². The Kier molecular flexibility index (Phi) is 2.16. The maximum atomic E-state index is 11.9. The number of hydrogen-bond donors (Lipinski definition) is 0. The van der Waals surface area contributed by atoms with Gasteiger partial charge in [0, 0.05) is 6.42 Å². The van der Waals surface area contributed by atoms with E-state index in [1.165, 1.54) is 10.8 Å². The maximum absolute atomic E-state index is 11.9. The zero-order valence-corrected chi connectivity index (χ0v) is 10.6. The van der Waals surface area contributed by atoms with E-state index in [-0.39, 0.29) is 17.3 Å². The number of carbonyl (C=O) groups is 1. The van der Waals surface area contributed by atoms with Crippen LogP contribution in [0.4, 0.5) is 0 Å². The largest absolute Gasteiger partial charge is 0.460 e. The number of esters is 1. The molecular weight excluding hydrogens is 236 g/mol. The van der Waals surface area contributed by atoms with Crippen molar-refractivity contribution in [3.8, 4) is 0 Å². The molecule has 94 valence electrons. The van der Waals surface area contributed by atoms with Crippen molar-refractivity contribution < 1.29 is 9.53 Å². The lowest BCUT2D eigenvalue weighted by Gasteiger charge is -2.05. The van der Waals surface area contributed by atoms with Gasteiger partial charge in [-0.25, -0.2) is 0 Å². The van der Waals surface area contributed by atoms with Crippen LogP contribution >= 0.6 is 0 Å². The summed E-state index contributed by atoms with van der Waals surface area (Å²) in [6, 6.07) is 14.4. The summed E-state index contributed by atoms with van der Waals surface area (Å²) in [6.07, 6.45) is 4.33. The van der Waals surface area contributed by atoms with Gasteiger partial charge in [0.15, 0.2) is 5.41 Å². The molecule has 1 spiro atoms. The Labute approximate surface area is 112 Å². The van der Waals surface area contributed by atoms with Gasteiger partial charge in [-0.2, -0.15) is 0 Å². The summed E-state index contributed by atoms with van der Waals surface area (Å²) in [5.74, 6) is 0.120. The molecule has 2 aliphatic carbocycles. The number of carbonyl (C=O) groups excluding carboxylic acids is 1. The van der Waals surface area contributed by atoms with Crippen LogP contribution in [-0.4, -0.2) is 5.97 Å². The first-order valence-electron chi connectivity index (χ1n) is 6.76. The van der Waals surface area contributed by atoms with E-state index in [1.807, 2.05) is 18.2 Å². The van der Waals surface area contributed by atoms with Gasteiger partial charge < -0.3 is 4.74 Å². The van der Waals surface area contributed by atoms with Gasteiger partial charge in [0.05, 0.1) is 6.42 Å². The Morgan fingerprint density at radius 1 is 1.26 bits per heavy atom. The Morgan fingerprint density at radius 2 is 2.05 bits per heavy atom. The Balaban J connectivity index is 1.44.